The molecule has 1 aliphatic rings. The predicted octanol–water partition coefficient (Wildman–Crippen LogP) is 11.0. The van der Waals surface area contributed by atoms with Gasteiger partial charge in [0.2, 0.25) is 0 Å². The Morgan fingerprint density at radius 2 is 0.892 bits per heavy atom. The minimum Gasteiger partial charge on any atom is -0.462 e. The van der Waals surface area contributed by atoms with Crippen LogP contribution in [0.15, 0.2) is 36.5 Å². The van der Waals surface area contributed by atoms with Gasteiger partial charge in [-0.15, -0.1) is 0 Å². The van der Waals surface area contributed by atoms with Gasteiger partial charge in [-0.3, -0.25) is 13.8 Å². The summed E-state index contributed by atoms with van der Waals surface area (Å²) in [5.41, 5.74) is 0. The SMILES string of the molecule is CCCCCCCC/C=C/CCCCCCCCCCCCCC(=O)OC[C@@H](COP(=O)(O)OC1C(O)C(O)C(O)[C@H](O)C1O)OC(=O)/C=C/C=C/CCCCCCCCCCCCC. The lowest BCUT2D eigenvalue weighted by Gasteiger charge is -2.41. The number of unbranched alkanes of at least 4 members (excludes halogenated alkanes) is 28. The highest BCUT2D eigenvalue weighted by Gasteiger charge is 2.51. The molecule has 0 amide bonds. The predicted molar refractivity (Wildman–Crippen MR) is 258 cm³/mol. The van der Waals surface area contributed by atoms with Crippen molar-refractivity contribution < 1.29 is 63.1 Å². The molecular weight excluding hydrogens is 852 g/mol. The minimum absolute atomic E-state index is 0.148. The minimum atomic E-state index is -5.15. The van der Waals surface area contributed by atoms with Crippen molar-refractivity contribution in [3.8, 4) is 0 Å². The van der Waals surface area contributed by atoms with E-state index >= 15 is 0 Å². The van der Waals surface area contributed by atoms with Crippen molar-refractivity contribution in [1.82, 2.24) is 0 Å². The molecule has 0 aliphatic heterocycles. The normalized spacial score (nSPS) is 21.7. The van der Waals surface area contributed by atoms with Crippen LogP contribution in [0.2, 0.25) is 0 Å². The van der Waals surface area contributed by atoms with Gasteiger partial charge in [0.15, 0.2) is 6.10 Å². The van der Waals surface area contributed by atoms with Gasteiger partial charge >= 0.3 is 19.8 Å². The number of hydrogen-bond donors (Lipinski definition) is 6. The molecule has 380 valence electrons. The Morgan fingerprint density at radius 1 is 0.508 bits per heavy atom. The van der Waals surface area contributed by atoms with Gasteiger partial charge in [-0.05, 0) is 44.9 Å². The van der Waals surface area contributed by atoms with E-state index in [-0.39, 0.29) is 6.42 Å². The Balaban J connectivity index is 2.41. The quantitative estimate of drug-likeness (QED) is 0.00840. The fourth-order valence-corrected chi connectivity index (χ4v) is 8.87. The first kappa shape index (κ1) is 61.1. The first-order chi connectivity index (χ1) is 31.4. The molecule has 65 heavy (non-hydrogen) atoms. The van der Waals surface area contributed by atoms with E-state index in [1.807, 2.05) is 6.08 Å². The number of rotatable bonds is 43. The molecule has 1 fully saturated rings. The lowest BCUT2D eigenvalue weighted by Crippen LogP contribution is -2.64. The van der Waals surface area contributed by atoms with Gasteiger partial charge in [0, 0.05) is 12.5 Å². The van der Waals surface area contributed by atoms with Gasteiger partial charge in [0.05, 0.1) is 6.61 Å². The van der Waals surface area contributed by atoms with Crippen molar-refractivity contribution in [2.24, 2.45) is 0 Å². The van der Waals surface area contributed by atoms with Crippen LogP contribution in [-0.2, 0) is 32.7 Å². The van der Waals surface area contributed by atoms with Gasteiger partial charge in [-0.2, -0.15) is 0 Å². The average molecular weight is 945 g/mol. The van der Waals surface area contributed by atoms with Crippen molar-refractivity contribution in [2.75, 3.05) is 13.2 Å². The Kier molecular flexibility index (Phi) is 38.6. The fraction of sp³-hybridized carbons (Fsp3) is 0.843. The van der Waals surface area contributed by atoms with E-state index < -0.39 is 75.7 Å². The molecule has 6 unspecified atom stereocenters. The van der Waals surface area contributed by atoms with Crippen LogP contribution in [0, 0.1) is 0 Å². The summed E-state index contributed by atoms with van der Waals surface area (Å²) >= 11 is 0. The first-order valence-electron chi connectivity index (χ1n) is 25.8. The molecule has 0 spiro atoms. The molecule has 14 heteroatoms. The molecule has 1 rings (SSSR count). The molecule has 0 heterocycles. The van der Waals surface area contributed by atoms with Gasteiger partial charge in [-0.25, -0.2) is 9.36 Å². The summed E-state index contributed by atoms with van der Waals surface area (Å²) in [4.78, 5) is 35.7. The van der Waals surface area contributed by atoms with Crippen molar-refractivity contribution >= 4 is 19.8 Å². The summed E-state index contributed by atoms with van der Waals surface area (Å²) in [6, 6.07) is 0. The Morgan fingerprint density at radius 3 is 1.34 bits per heavy atom. The summed E-state index contributed by atoms with van der Waals surface area (Å²) in [5.74, 6) is -1.35. The summed E-state index contributed by atoms with van der Waals surface area (Å²) in [5, 5.41) is 50.2. The molecule has 8 atom stereocenters. The second-order valence-corrected chi connectivity index (χ2v) is 19.5. The maximum Gasteiger partial charge on any atom is 0.472 e. The summed E-state index contributed by atoms with van der Waals surface area (Å²) in [6.07, 6.45) is 35.5. The Bertz CT molecular complexity index is 1280. The van der Waals surface area contributed by atoms with Gasteiger partial charge in [0.25, 0.3) is 0 Å². The smallest absolute Gasteiger partial charge is 0.462 e. The summed E-state index contributed by atoms with van der Waals surface area (Å²) < 4.78 is 33.4. The van der Waals surface area contributed by atoms with E-state index in [0.717, 1.165) is 38.5 Å². The van der Waals surface area contributed by atoms with E-state index in [4.69, 9.17) is 18.5 Å². The maximum atomic E-state index is 12.8. The van der Waals surface area contributed by atoms with Crippen molar-refractivity contribution in [2.45, 2.75) is 262 Å². The summed E-state index contributed by atoms with van der Waals surface area (Å²) in [6.45, 7) is 3.22. The van der Waals surface area contributed by atoms with E-state index in [9.17, 15) is 44.6 Å². The number of esters is 2. The zero-order valence-electron chi connectivity index (χ0n) is 40.5. The largest absolute Gasteiger partial charge is 0.472 e. The Hall–Kier alpha value is -1.93. The Labute approximate surface area is 393 Å². The zero-order chi connectivity index (χ0) is 47.8. The number of phosphoric acid groups is 1. The van der Waals surface area contributed by atoms with Crippen LogP contribution in [0.25, 0.3) is 0 Å². The van der Waals surface area contributed by atoms with Gasteiger partial charge in [-0.1, -0.05) is 198 Å². The van der Waals surface area contributed by atoms with Crippen LogP contribution in [0.5, 0.6) is 0 Å². The number of aliphatic hydroxyl groups excluding tert-OH is 5. The van der Waals surface area contributed by atoms with Crippen molar-refractivity contribution in [3.05, 3.63) is 36.5 Å². The third-order valence-electron chi connectivity index (χ3n) is 12.1. The number of carbonyl (C=O) groups excluding carboxylic acids is 2. The molecule has 6 N–H and O–H groups in total. The van der Waals surface area contributed by atoms with E-state index in [1.54, 1.807) is 6.08 Å². The van der Waals surface area contributed by atoms with E-state index in [1.165, 1.54) is 166 Å². The monoisotopic (exact) mass is 945 g/mol. The number of hydrogen-bond acceptors (Lipinski definition) is 12. The zero-order valence-corrected chi connectivity index (χ0v) is 41.4. The topological polar surface area (TPSA) is 210 Å². The number of ether oxygens (including phenoxy) is 2. The lowest BCUT2D eigenvalue weighted by molar-refractivity contribution is -0.220. The molecule has 0 aromatic heterocycles. The maximum absolute atomic E-state index is 12.8. The van der Waals surface area contributed by atoms with Crippen LogP contribution in [0.3, 0.4) is 0 Å². The number of allylic oxidation sites excluding steroid dienone is 5. The molecule has 13 nitrogen and oxygen atoms in total. The highest BCUT2D eigenvalue weighted by atomic mass is 31.2. The number of aliphatic hydroxyl groups is 5. The molecule has 0 saturated heterocycles. The molecule has 1 saturated carbocycles. The first-order valence-corrected chi connectivity index (χ1v) is 27.3. The fourth-order valence-electron chi connectivity index (χ4n) is 7.90. The standard InChI is InChI=1S/C51H93O13P/c1-3-5-7-9-11-13-15-17-19-20-21-22-23-24-26-27-29-31-33-35-37-39-44(52)61-41-43(42-62-65(59,60)64-51-49(57)47(55)46(54)48(56)50(51)58)63-45(53)40-38-36-34-32-30-28-25-18-16-14-12-10-8-6-4-2/h17,19,34,36,38,40,43,46-51,54-58H,3-16,18,20-33,35,37,39,41-42H2,1-2H3,(H,59,60)/b19-17+,36-34+,40-38+/t43-,46?,47-,48?,49?,50?,51?/m0/s1. The van der Waals surface area contributed by atoms with E-state index in [0.29, 0.717) is 6.42 Å². The molecule has 0 bridgehead atoms. The second-order valence-electron chi connectivity index (χ2n) is 18.1. The number of phosphoric ester groups is 1. The summed E-state index contributed by atoms with van der Waals surface area (Å²) in [7, 11) is -5.15. The lowest BCUT2D eigenvalue weighted by atomic mass is 9.85. The highest BCUT2D eigenvalue weighted by Crippen LogP contribution is 2.47. The molecule has 0 aromatic rings. The van der Waals surface area contributed by atoms with Crippen molar-refractivity contribution in [3.63, 3.8) is 0 Å². The second kappa shape index (κ2) is 41.1. The number of carbonyl (C=O) groups is 2. The third-order valence-corrected chi connectivity index (χ3v) is 13.0. The highest BCUT2D eigenvalue weighted by molar-refractivity contribution is 7.47. The van der Waals surface area contributed by atoms with Crippen LogP contribution >= 0.6 is 7.82 Å². The third kappa shape index (κ3) is 33.3. The van der Waals surface area contributed by atoms with Crippen LogP contribution in [0.1, 0.15) is 219 Å². The molecule has 0 aromatic carbocycles. The van der Waals surface area contributed by atoms with E-state index in [2.05, 4.69) is 26.0 Å². The van der Waals surface area contributed by atoms with Gasteiger partial charge in [0.1, 0.15) is 43.2 Å². The molecular formula is C51H93O13P. The van der Waals surface area contributed by atoms with Gasteiger partial charge < -0.3 is 39.9 Å². The molecule has 0 radical (unpaired) electrons. The molecule has 1 aliphatic carbocycles. The van der Waals surface area contributed by atoms with Crippen molar-refractivity contribution in [1.29, 1.82) is 0 Å². The van der Waals surface area contributed by atoms with Crippen LogP contribution in [0.4, 0.5) is 0 Å². The van der Waals surface area contributed by atoms with Crippen LogP contribution in [-0.4, -0.2) is 98.3 Å². The average Bonchev–Trinajstić information content (AvgIpc) is 3.29. The van der Waals surface area contributed by atoms with Crippen LogP contribution < -0.4 is 0 Å².